The van der Waals surface area contributed by atoms with E-state index < -0.39 is 0 Å². The predicted molar refractivity (Wildman–Crippen MR) is 88.3 cm³/mol. The molecule has 4 heteroatoms. The zero-order valence-electron chi connectivity index (χ0n) is 13.0. The minimum Gasteiger partial charge on any atom is -0.462 e. The average molecular weight is 309 g/mol. The number of anilines is 1. The number of amides is 1. The molecule has 3 rings (SSSR count). The average Bonchev–Trinajstić information content (AvgIpc) is 3.37. The predicted octanol–water partition coefficient (Wildman–Crippen LogP) is 3.61. The van der Waals surface area contributed by atoms with Gasteiger partial charge in [-0.2, -0.15) is 0 Å². The van der Waals surface area contributed by atoms with Crippen LogP contribution in [0.1, 0.15) is 35.2 Å². The Morgan fingerprint density at radius 3 is 2.43 bits per heavy atom. The molecule has 118 valence electrons. The van der Waals surface area contributed by atoms with E-state index in [0.717, 1.165) is 6.42 Å². The second-order valence-electron chi connectivity index (χ2n) is 5.65. The molecule has 0 aliphatic heterocycles. The lowest BCUT2D eigenvalue weighted by Gasteiger charge is -2.06. The number of rotatable bonds is 5. The fraction of sp³-hybridized carbons (Fsp3) is 0.263. The summed E-state index contributed by atoms with van der Waals surface area (Å²) in [5.74, 6) is 0.0246. The number of esters is 1. The van der Waals surface area contributed by atoms with Gasteiger partial charge in [0, 0.05) is 11.6 Å². The van der Waals surface area contributed by atoms with Crippen LogP contribution < -0.4 is 5.32 Å². The van der Waals surface area contributed by atoms with Gasteiger partial charge < -0.3 is 10.1 Å². The van der Waals surface area contributed by atoms with Gasteiger partial charge in [0.25, 0.3) is 0 Å². The minimum absolute atomic E-state index is 0.0298. The van der Waals surface area contributed by atoms with Gasteiger partial charge in [0.2, 0.25) is 5.91 Å². The van der Waals surface area contributed by atoms with E-state index in [0.29, 0.717) is 23.8 Å². The van der Waals surface area contributed by atoms with Gasteiger partial charge in [-0.05, 0) is 49.1 Å². The van der Waals surface area contributed by atoms with E-state index in [9.17, 15) is 9.59 Å². The topological polar surface area (TPSA) is 55.4 Å². The SMILES string of the molecule is CCOC(=O)c1ccc(NC(=O)[C@@H]2C[C@@H]2c2ccccc2)cc1. The summed E-state index contributed by atoms with van der Waals surface area (Å²) in [6, 6.07) is 16.9. The van der Waals surface area contributed by atoms with Gasteiger partial charge in [-0.15, -0.1) is 0 Å². The van der Waals surface area contributed by atoms with Crippen molar-refractivity contribution in [2.75, 3.05) is 11.9 Å². The maximum atomic E-state index is 12.3. The molecule has 1 aliphatic rings. The molecule has 0 radical (unpaired) electrons. The first-order chi connectivity index (χ1) is 11.2. The molecular formula is C19H19NO3. The van der Waals surface area contributed by atoms with E-state index in [1.54, 1.807) is 31.2 Å². The first-order valence-corrected chi connectivity index (χ1v) is 7.82. The molecule has 0 unspecified atom stereocenters. The molecule has 1 amide bonds. The maximum Gasteiger partial charge on any atom is 0.338 e. The third kappa shape index (κ3) is 3.59. The number of nitrogens with one attached hydrogen (secondary N) is 1. The third-order valence-electron chi connectivity index (χ3n) is 4.02. The molecule has 2 aromatic rings. The van der Waals surface area contributed by atoms with Gasteiger partial charge >= 0.3 is 5.97 Å². The normalized spacial score (nSPS) is 19.0. The van der Waals surface area contributed by atoms with Crippen LogP contribution in [0.2, 0.25) is 0 Å². The van der Waals surface area contributed by atoms with Crippen molar-refractivity contribution in [3.63, 3.8) is 0 Å². The largest absolute Gasteiger partial charge is 0.462 e. The van der Waals surface area contributed by atoms with Gasteiger partial charge in [-0.1, -0.05) is 30.3 Å². The molecule has 23 heavy (non-hydrogen) atoms. The molecule has 0 heterocycles. The fourth-order valence-corrected chi connectivity index (χ4v) is 2.69. The molecule has 4 nitrogen and oxygen atoms in total. The van der Waals surface area contributed by atoms with E-state index in [-0.39, 0.29) is 17.8 Å². The fourth-order valence-electron chi connectivity index (χ4n) is 2.69. The number of carbonyl (C=O) groups excluding carboxylic acids is 2. The first kappa shape index (κ1) is 15.3. The zero-order chi connectivity index (χ0) is 16.2. The van der Waals surface area contributed by atoms with Crippen LogP contribution in [-0.2, 0) is 9.53 Å². The van der Waals surface area contributed by atoms with Gasteiger partial charge in [0.15, 0.2) is 0 Å². The summed E-state index contributed by atoms with van der Waals surface area (Å²) in [4.78, 5) is 23.9. The lowest BCUT2D eigenvalue weighted by atomic mass is 10.1. The molecule has 1 saturated carbocycles. The maximum absolute atomic E-state index is 12.3. The van der Waals surface area contributed by atoms with Gasteiger partial charge in [-0.3, -0.25) is 4.79 Å². The summed E-state index contributed by atoms with van der Waals surface area (Å²) in [5.41, 5.74) is 2.39. The van der Waals surface area contributed by atoms with Crippen molar-refractivity contribution in [3.8, 4) is 0 Å². The van der Waals surface area contributed by atoms with Crippen LogP contribution in [-0.4, -0.2) is 18.5 Å². The van der Waals surface area contributed by atoms with Crippen molar-refractivity contribution in [1.82, 2.24) is 0 Å². The standard InChI is InChI=1S/C19H19NO3/c1-2-23-19(22)14-8-10-15(11-9-14)20-18(21)17-12-16(17)13-6-4-3-5-7-13/h3-11,16-17H,2,12H2,1H3,(H,20,21)/t16-,17-/m1/s1. The molecule has 0 bridgehead atoms. The first-order valence-electron chi connectivity index (χ1n) is 7.82. The van der Waals surface area contributed by atoms with Crippen LogP contribution in [0.5, 0.6) is 0 Å². The molecule has 0 saturated heterocycles. The van der Waals surface area contributed by atoms with Crippen molar-refractivity contribution in [1.29, 1.82) is 0 Å². The van der Waals surface area contributed by atoms with Crippen molar-refractivity contribution in [2.45, 2.75) is 19.3 Å². The summed E-state index contributed by atoms with van der Waals surface area (Å²) in [7, 11) is 0. The van der Waals surface area contributed by atoms with Crippen molar-refractivity contribution < 1.29 is 14.3 Å². The summed E-state index contributed by atoms with van der Waals surface area (Å²) < 4.78 is 4.93. The van der Waals surface area contributed by atoms with Crippen molar-refractivity contribution >= 4 is 17.6 Å². The molecule has 2 atom stereocenters. The molecule has 1 aliphatic carbocycles. The number of hydrogen-bond donors (Lipinski definition) is 1. The third-order valence-corrected chi connectivity index (χ3v) is 4.02. The number of ether oxygens (including phenoxy) is 1. The Hall–Kier alpha value is -2.62. The molecule has 2 aromatic carbocycles. The quantitative estimate of drug-likeness (QED) is 0.859. The smallest absolute Gasteiger partial charge is 0.338 e. The lowest BCUT2D eigenvalue weighted by molar-refractivity contribution is -0.117. The lowest BCUT2D eigenvalue weighted by Crippen LogP contribution is -2.14. The van der Waals surface area contributed by atoms with Crippen LogP contribution >= 0.6 is 0 Å². The Morgan fingerprint density at radius 2 is 1.78 bits per heavy atom. The Labute approximate surface area is 135 Å². The van der Waals surface area contributed by atoms with E-state index in [1.807, 2.05) is 18.2 Å². The molecular weight excluding hydrogens is 290 g/mol. The summed E-state index contributed by atoms with van der Waals surface area (Å²) in [6.45, 7) is 2.12. The van der Waals surface area contributed by atoms with E-state index in [1.165, 1.54) is 5.56 Å². The Morgan fingerprint density at radius 1 is 1.09 bits per heavy atom. The Balaban J connectivity index is 1.58. The summed E-state index contributed by atoms with van der Waals surface area (Å²) in [5, 5.41) is 2.91. The Bertz CT molecular complexity index is 694. The van der Waals surface area contributed by atoms with E-state index >= 15 is 0 Å². The highest BCUT2D eigenvalue weighted by Gasteiger charge is 2.43. The van der Waals surface area contributed by atoms with E-state index in [2.05, 4.69) is 17.4 Å². The van der Waals surface area contributed by atoms with Gasteiger partial charge in [0.1, 0.15) is 0 Å². The highest BCUT2D eigenvalue weighted by atomic mass is 16.5. The van der Waals surface area contributed by atoms with Crippen LogP contribution in [0.15, 0.2) is 54.6 Å². The zero-order valence-corrected chi connectivity index (χ0v) is 13.0. The summed E-state index contributed by atoms with van der Waals surface area (Å²) in [6.07, 6.45) is 0.886. The highest BCUT2D eigenvalue weighted by molar-refractivity contribution is 5.96. The Kier molecular flexibility index (Phi) is 4.42. The van der Waals surface area contributed by atoms with E-state index in [4.69, 9.17) is 4.74 Å². The van der Waals surface area contributed by atoms with Crippen LogP contribution in [0, 0.1) is 5.92 Å². The van der Waals surface area contributed by atoms with Gasteiger partial charge in [-0.25, -0.2) is 4.79 Å². The van der Waals surface area contributed by atoms with Gasteiger partial charge in [0.05, 0.1) is 12.2 Å². The second-order valence-corrected chi connectivity index (χ2v) is 5.65. The second kappa shape index (κ2) is 6.65. The summed E-state index contributed by atoms with van der Waals surface area (Å²) >= 11 is 0. The minimum atomic E-state index is -0.350. The van der Waals surface area contributed by atoms with Crippen molar-refractivity contribution in [3.05, 3.63) is 65.7 Å². The van der Waals surface area contributed by atoms with Crippen LogP contribution in [0.4, 0.5) is 5.69 Å². The molecule has 0 aromatic heterocycles. The number of benzene rings is 2. The van der Waals surface area contributed by atoms with Crippen molar-refractivity contribution in [2.24, 2.45) is 5.92 Å². The molecule has 1 fully saturated rings. The monoisotopic (exact) mass is 309 g/mol. The highest BCUT2D eigenvalue weighted by Crippen LogP contribution is 2.47. The van der Waals surface area contributed by atoms with Crippen LogP contribution in [0.3, 0.4) is 0 Å². The number of hydrogen-bond acceptors (Lipinski definition) is 3. The van der Waals surface area contributed by atoms with Crippen LogP contribution in [0.25, 0.3) is 0 Å². The number of carbonyl (C=O) groups is 2. The molecule has 0 spiro atoms. The molecule has 1 N–H and O–H groups in total.